The van der Waals surface area contributed by atoms with Crippen LogP contribution in [0, 0.1) is 0 Å². The number of halogens is 1. The number of hydrogen-bond donors (Lipinski definition) is 1. The molecule has 1 aromatic rings. The van der Waals surface area contributed by atoms with Gasteiger partial charge in [-0.1, -0.05) is 23.8 Å². The molecule has 98 valence electrons. The van der Waals surface area contributed by atoms with Gasteiger partial charge < -0.3 is 5.32 Å². The second-order valence-corrected chi connectivity index (χ2v) is 5.22. The Labute approximate surface area is 112 Å². The molecule has 1 aromatic heterocycles. The molecule has 0 spiro atoms. The van der Waals surface area contributed by atoms with Crippen molar-refractivity contribution in [2.75, 3.05) is 5.32 Å². The van der Waals surface area contributed by atoms with Crippen LogP contribution in [0.2, 0.25) is 5.02 Å². The van der Waals surface area contributed by atoms with Crippen LogP contribution in [0.15, 0.2) is 23.1 Å². The zero-order valence-corrected chi connectivity index (χ0v) is 11.4. The third-order valence-corrected chi connectivity index (χ3v) is 3.43. The molecular weight excluding hydrogens is 250 g/mol. The zero-order chi connectivity index (χ0) is 13.1. The minimum absolute atomic E-state index is 0.0154. The molecule has 0 aromatic carbocycles. The average molecular weight is 268 g/mol. The van der Waals surface area contributed by atoms with E-state index >= 15 is 0 Å². The van der Waals surface area contributed by atoms with Crippen molar-refractivity contribution in [3.8, 4) is 0 Å². The first kappa shape index (κ1) is 13.1. The molecule has 0 amide bonds. The summed E-state index contributed by atoms with van der Waals surface area (Å²) in [6, 6.07) is 0.352. The number of anilines is 1. The van der Waals surface area contributed by atoms with Crippen LogP contribution in [-0.2, 0) is 0 Å². The van der Waals surface area contributed by atoms with Crippen LogP contribution in [-0.4, -0.2) is 15.8 Å². The Morgan fingerprint density at radius 2 is 2.28 bits per heavy atom. The van der Waals surface area contributed by atoms with E-state index in [4.69, 9.17) is 11.6 Å². The first-order chi connectivity index (χ1) is 8.59. The van der Waals surface area contributed by atoms with E-state index in [0.29, 0.717) is 11.7 Å². The van der Waals surface area contributed by atoms with Gasteiger partial charge in [0.2, 0.25) is 0 Å². The van der Waals surface area contributed by atoms with E-state index in [1.807, 2.05) is 13.8 Å². The number of hydrogen-bond acceptors (Lipinski definition) is 3. The summed E-state index contributed by atoms with van der Waals surface area (Å²) in [6.07, 6.45) is 9.05. The Morgan fingerprint density at radius 1 is 1.50 bits per heavy atom. The van der Waals surface area contributed by atoms with Crippen molar-refractivity contribution in [2.24, 2.45) is 0 Å². The molecule has 1 heterocycles. The zero-order valence-electron chi connectivity index (χ0n) is 10.7. The minimum Gasteiger partial charge on any atom is -0.379 e. The molecule has 5 heteroatoms. The number of rotatable bonds is 3. The number of aromatic nitrogens is 2. The molecule has 0 saturated carbocycles. The van der Waals surface area contributed by atoms with Crippen molar-refractivity contribution < 1.29 is 0 Å². The number of nitrogens with zero attached hydrogens (tertiary/aromatic N) is 2. The molecule has 0 fully saturated rings. The lowest BCUT2D eigenvalue weighted by Gasteiger charge is -2.21. The van der Waals surface area contributed by atoms with Gasteiger partial charge in [-0.15, -0.1) is 0 Å². The summed E-state index contributed by atoms with van der Waals surface area (Å²) < 4.78 is 1.40. The molecule has 18 heavy (non-hydrogen) atoms. The molecule has 0 bridgehead atoms. The summed E-state index contributed by atoms with van der Waals surface area (Å²) in [6.45, 7) is 3.81. The predicted molar refractivity (Wildman–Crippen MR) is 74.3 cm³/mol. The van der Waals surface area contributed by atoms with E-state index in [9.17, 15) is 4.79 Å². The van der Waals surface area contributed by atoms with Crippen LogP contribution >= 0.6 is 11.6 Å². The van der Waals surface area contributed by atoms with Gasteiger partial charge in [0.05, 0.1) is 17.9 Å². The molecule has 1 atom stereocenters. The van der Waals surface area contributed by atoms with Crippen LogP contribution in [0.25, 0.3) is 0 Å². The summed E-state index contributed by atoms with van der Waals surface area (Å²) >= 11 is 6.11. The Kier molecular flexibility index (Phi) is 4.07. The van der Waals surface area contributed by atoms with E-state index in [1.165, 1.54) is 4.68 Å². The first-order valence-corrected chi connectivity index (χ1v) is 6.66. The van der Waals surface area contributed by atoms with E-state index < -0.39 is 0 Å². The van der Waals surface area contributed by atoms with E-state index in [2.05, 4.69) is 22.6 Å². The molecular formula is C13H18ClN3O. The summed E-state index contributed by atoms with van der Waals surface area (Å²) in [5, 5.41) is 7.67. The van der Waals surface area contributed by atoms with Crippen LogP contribution in [0.3, 0.4) is 0 Å². The van der Waals surface area contributed by atoms with E-state index in [0.717, 1.165) is 19.3 Å². The van der Waals surface area contributed by atoms with Gasteiger partial charge in [-0.25, -0.2) is 4.68 Å². The average Bonchev–Trinajstić information content (AvgIpc) is 2.36. The Balaban J connectivity index is 2.22. The SMILES string of the molecule is CC(C)n1ncc(NC2CC=CCC2)c(Cl)c1=O. The van der Waals surface area contributed by atoms with E-state index in [1.54, 1.807) is 6.20 Å². The molecule has 1 aliphatic carbocycles. The van der Waals surface area contributed by atoms with Crippen molar-refractivity contribution in [1.82, 2.24) is 9.78 Å². The molecule has 1 aliphatic rings. The maximum absolute atomic E-state index is 12.0. The van der Waals surface area contributed by atoms with Gasteiger partial charge in [0.15, 0.2) is 0 Å². The molecule has 0 radical (unpaired) electrons. The van der Waals surface area contributed by atoms with Crippen LogP contribution < -0.4 is 10.9 Å². The monoisotopic (exact) mass is 267 g/mol. The second-order valence-electron chi connectivity index (χ2n) is 4.84. The van der Waals surface area contributed by atoms with Crippen LogP contribution in [0.4, 0.5) is 5.69 Å². The van der Waals surface area contributed by atoms with Gasteiger partial charge in [0, 0.05) is 6.04 Å². The molecule has 1 N–H and O–H groups in total. The molecule has 1 unspecified atom stereocenters. The highest BCUT2D eigenvalue weighted by atomic mass is 35.5. The van der Waals surface area contributed by atoms with E-state index in [-0.39, 0.29) is 16.6 Å². The van der Waals surface area contributed by atoms with Crippen LogP contribution in [0.1, 0.15) is 39.2 Å². The highest BCUT2D eigenvalue weighted by Crippen LogP contribution is 2.21. The van der Waals surface area contributed by atoms with Gasteiger partial charge in [-0.2, -0.15) is 5.10 Å². The Bertz CT molecular complexity index is 507. The number of nitrogens with one attached hydrogen (secondary N) is 1. The maximum Gasteiger partial charge on any atom is 0.287 e. The van der Waals surface area contributed by atoms with Crippen molar-refractivity contribution in [3.05, 3.63) is 33.7 Å². The Hall–Kier alpha value is -1.29. The summed E-state index contributed by atoms with van der Waals surface area (Å²) in [7, 11) is 0. The fourth-order valence-electron chi connectivity index (χ4n) is 2.06. The topological polar surface area (TPSA) is 46.9 Å². The van der Waals surface area contributed by atoms with Crippen molar-refractivity contribution in [3.63, 3.8) is 0 Å². The lowest BCUT2D eigenvalue weighted by molar-refractivity contribution is 0.502. The second kappa shape index (κ2) is 5.57. The number of allylic oxidation sites excluding steroid dienone is 1. The molecule has 0 saturated heterocycles. The van der Waals surface area contributed by atoms with Crippen molar-refractivity contribution in [1.29, 1.82) is 0 Å². The summed E-state index contributed by atoms with van der Waals surface area (Å²) in [5.74, 6) is 0. The lowest BCUT2D eigenvalue weighted by atomic mass is 10.0. The molecule has 2 rings (SSSR count). The fourth-order valence-corrected chi connectivity index (χ4v) is 2.25. The largest absolute Gasteiger partial charge is 0.379 e. The lowest BCUT2D eigenvalue weighted by Crippen LogP contribution is -2.28. The maximum atomic E-state index is 12.0. The van der Waals surface area contributed by atoms with Crippen molar-refractivity contribution >= 4 is 17.3 Å². The van der Waals surface area contributed by atoms with Crippen LogP contribution in [0.5, 0.6) is 0 Å². The summed E-state index contributed by atoms with van der Waals surface area (Å²) in [5.41, 5.74) is 0.405. The predicted octanol–water partition coefficient (Wildman–Crippen LogP) is 3.00. The smallest absolute Gasteiger partial charge is 0.287 e. The molecule has 0 aliphatic heterocycles. The quantitative estimate of drug-likeness (QED) is 0.857. The van der Waals surface area contributed by atoms with Gasteiger partial charge >= 0.3 is 0 Å². The summed E-state index contributed by atoms with van der Waals surface area (Å²) in [4.78, 5) is 12.0. The Morgan fingerprint density at radius 3 is 2.89 bits per heavy atom. The van der Waals surface area contributed by atoms with Gasteiger partial charge in [0.25, 0.3) is 5.56 Å². The highest BCUT2D eigenvalue weighted by molar-refractivity contribution is 6.32. The fraction of sp³-hybridized carbons (Fsp3) is 0.538. The van der Waals surface area contributed by atoms with Gasteiger partial charge in [0.1, 0.15) is 5.02 Å². The van der Waals surface area contributed by atoms with Crippen molar-refractivity contribution in [2.45, 2.75) is 45.2 Å². The highest BCUT2D eigenvalue weighted by Gasteiger charge is 2.15. The van der Waals surface area contributed by atoms with Gasteiger partial charge in [-0.05, 0) is 33.1 Å². The standard InChI is InChI=1S/C13H18ClN3O/c1-9(2)17-13(18)12(14)11(8-15-17)16-10-6-4-3-5-7-10/h3-4,8-10,16H,5-7H2,1-2H3. The third kappa shape index (κ3) is 2.75. The first-order valence-electron chi connectivity index (χ1n) is 6.28. The third-order valence-electron chi connectivity index (χ3n) is 3.06. The van der Waals surface area contributed by atoms with Gasteiger partial charge in [-0.3, -0.25) is 4.79 Å². The minimum atomic E-state index is -0.233. The molecule has 4 nitrogen and oxygen atoms in total. The normalized spacial score (nSPS) is 19.2.